The van der Waals surface area contributed by atoms with E-state index in [4.69, 9.17) is 0 Å². The normalized spacial score (nSPS) is 10.7. The van der Waals surface area contributed by atoms with Gasteiger partial charge < -0.3 is 4.98 Å². The van der Waals surface area contributed by atoms with Crippen LogP contribution in [0.3, 0.4) is 0 Å². The standard InChI is InChI=1S/C24H18BrNO/c1-16-21(19-14-8-9-15-20(19)25)23(24(27)18-12-6-3-7-13-18)26-22(16)17-10-4-2-5-11-17/h2-15,26H,1H3. The van der Waals surface area contributed by atoms with Crippen LogP contribution in [0.1, 0.15) is 21.6 Å². The van der Waals surface area contributed by atoms with Crippen molar-refractivity contribution in [3.05, 3.63) is 106 Å². The van der Waals surface area contributed by atoms with Crippen molar-refractivity contribution < 1.29 is 4.79 Å². The topological polar surface area (TPSA) is 32.9 Å². The van der Waals surface area contributed by atoms with Crippen molar-refractivity contribution in [2.75, 3.05) is 0 Å². The third-order valence-corrected chi connectivity index (χ3v) is 5.41. The SMILES string of the molecule is Cc1c(-c2ccccc2)[nH]c(C(=O)c2ccccc2)c1-c1ccccc1Br. The molecule has 0 radical (unpaired) electrons. The van der Waals surface area contributed by atoms with Crippen molar-refractivity contribution in [2.24, 2.45) is 0 Å². The Bertz CT molecular complexity index is 1100. The molecule has 0 aliphatic carbocycles. The van der Waals surface area contributed by atoms with Crippen molar-refractivity contribution in [1.82, 2.24) is 4.98 Å². The molecule has 1 N–H and O–H groups in total. The summed E-state index contributed by atoms with van der Waals surface area (Å²) in [6.45, 7) is 2.06. The molecule has 4 aromatic rings. The van der Waals surface area contributed by atoms with Gasteiger partial charge in [0.15, 0.2) is 0 Å². The summed E-state index contributed by atoms with van der Waals surface area (Å²) in [6.07, 6.45) is 0. The monoisotopic (exact) mass is 415 g/mol. The molecular formula is C24H18BrNO. The number of carbonyl (C=O) groups is 1. The maximum atomic E-state index is 13.3. The van der Waals surface area contributed by atoms with E-state index in [9.17, 15) is 4.79 Å². The van der Waals surface area contributed by atoms with E-state index in [1.165, 1.54) is 0 Å². The van der Waals surface area contributed by atoms with E-state index in [1.54, 1.807) is 0 Å². The number of hydrogen-bond acceptors (Lipinski definition) is 1. The Labute approximate surface area is 167 Å². The smallest absolute Gasteiger partial charge is 0.209 e. The van der Waals surface area contributed by atoms with Crippen LogP contribution in [0, 0.1) is 6.92 Å². The Morgan fingerprint density at radius 2 is 1.41 bits per heavy atom. The first kappa shape index (κ1) is 17.5. The second kappa shape index (κ2) is 7.37. The molecule has 3 aromatic carbocycles. The van der Waals surface area contributed by atoms with Gasteiger partial charge in [-0.25, -0.2) is 0 Å². The summed E-state index contributed by atoms with van der Waals surface area (Å²) in [5.74, 6) is -0.00775. The zero-order valence-electron chi connectivity index (χ0n) is 14.9. The number of benzene rings is 3. The molecule has 0 spiro atoms. The number of aromatic nitrogens is 1. The van der Waals surface area contributed by atoms with Crippen LogP contribution >= 0.6 is 15.9 Å². The first-order chi connectivity index (χ1) is 13.2. The van der Waals surface area contributed by atoms with Crippen molar-refractivity contribution in [1.29, 1.82) is 0 Å². The number of ketones is 1. The van der Waals surface area contributed by atoms with Gasteiger partial charge in [0.1, 0.15) is 0 Å². The predicted molar refractivity (Wildman–Crippen MR) is 114 cm³/mol. The number of H-pyrrole nitrogens is 1. The highest BCUT2D eigenvalue weighted by Crippen LogP contribution is 2.39. The molecule has 27 heavy (non-hydrogen) atoms. The zero-order valence-corrected chi connectivity index (χ0v) is 16.5. The molecule has 2 nitrogen and oxygen atoms in total. The Morgan fingerprint density at radius 1 is 0.815 bits per heavy atom. The Hall–Kier alpha value is -2.91. The van der Waals surface area contributed by atoms with E-state index in [1.807, 2.05) is 72.8 Å². The molecule has 0 aliphatic rings. The number of rotatable bonds is 4. The fourth-order valence-corrected chi connectivity index (χ4v) is 3.88. The number of nitrogens with one attached hydrogen (secondary N) is 1. The van der Waals surface area contributed by atoms with E-state index in [2.05, 4.69) is 40.0 Å². The van der Waals surface area contributed by atoms with Gasteiger partial charge in [0.25, 0.3) is 0 Å². The molecule has 0 unspecified atom stereocenters. The summed E-state index contributed by atoms with van der Waals surface area (Å²) in [5, 5.41) is 0. The maximum Gasteiger partial charge on any atom is 0.209 e. The second-order valence-electron chi connectivity index (χ2n) is 6.42. The molecule has 0 fully saturated rings. The highest BCUT2D eigenvalue weighted by molar-refractivity contribution is 9.10. The van der Waals surface area contributed by atoms with Crippen molar-refractivity contribution in [3.8, 4) is 22.4 Å². The lowest BCUT2D eigenvalue weighted by molar-refractivity contribution is 0.103. The Morgan fingerprint density at radius 3 is 2.07 bits per heavy atom. The lowest BCUT2D eigenvalue weighted by atomic mass is 9.96. The highest BCUT2D eigenvalue weighted by Gasteiger charge is 2.23. The summed E-state index contributed by atoms with van der Waals surface area (Å²) in [7, 11) is 0. The van der Waals surface area contributed by atoms with Crippen LogP contribution in [0.15, 0.2) is 89.4 Å². The average molecular weight is 416 g/mol. The molecular weight excluding hydrogens is 398 g/mol. The first-order valence-electron chi connectivity index (χ1n) is 8.79. The molecule has 0 atom stereocenters. The minimum atomic E-state index is -0.00775. The summed E-state index contributed by atoms with van der Waals surface area (Å²) in [6, 6.07) is 27.5. The van der Waals surface area contributed by atoms with E-state index < -0.39 is 0 Å². The zero-order chi connectivity index (χ0) is 18.8. The molecule has 132 valence electrons. The number of halogens is 1. The summed E-state index contributed by atoms with van der Waals surface area (Å²) in [5.41, 5.74) is 6.34. The minimum Gasteiger partial charge on any atom is -0.351 e. The quantitative estimate of drug-likeness (QED) is 0.371. The van der Waals surface area contributed by atoms with Crippen LogP contribution < -0.4 is 0 Å². The third kappa shape index (κ3) is 3.26. The first-order valence-corrected chi connectivity index (χ1v) is 9.58. The predicted octanol–water partition coefficient (Wildman–Crippen LogP) is 6.65. The van der Waals surface area contributed by atoms with Gasteiger partial charge >= 0.3 is 0 Å². The molecule has 0 aliphatic heterocycles. The van der Waals surface area contributed by atoms with E-state index >= 15 is 0 Å². The van der Waals surface area contributed by atoms with Crippen molar-refractivity contribution in [3.63, 3.8) is 0 Å². The lowest BCUT2D eigenvalue weighted by Gasteiger charge is -2.08. The van der Waals surface area contributed by atoms with Gasteiger partial charge in [-0.1, -0.05) is 94.8 Å². The summed E-state index contributed by atoms with van der Waals surface area (Å²) in [4.78, 5) is 16.7. The van der Waals surface area contributed by atoms with Gasteiger partial charge in [-0.05, 0) is 29.7 Å². The molecule has 1 aromatic heterocycles. The third-order valence-electron chi connectivity index (χ3n) is 4.72. The summed E-state index contributed by atoms with van der Waals surface area (Å²) >= 11 is 3.65. The van der Waals surface area contributed by atoms with Gasteiger partial charge in [-0.3, -0.25) is 4.79 Å². The van der Waals surface area contributed by atoms with E-state index in [0.717, 1.165) is 32.4 Å². The van der Waals surface area contributed by atoms with Crippen LogP contribution in [-0.4, -0.2) is 10.8 Å². The molecule has 3 heteroatoms. The van der Waals surface area contributed by atoms with Crippen LogP contribution in [0.4, 0.5) is 0 Å². The highest BCUT2D eigenvalue weighted by atomic mass is 79.9. The van der Waals surface area contributed by atoms with E-state index in [0.29, 0.717) is 11.3 Å². The molecule has 0 amide bonds. The van der Waals surface area contributed by atoms with Gasteiger partial charge in [-0.15, -0.1) is 0 Å². The van der Waals surface area contributed by atoms with Gasteiger partial charge in [0.05, 0.1) is 5.69 Å². The fourth-order valence-electron chi connectivity index (χ4n) is 3.39. The fraction of sp³-hybridized carbons (Fsp3) is 0.0417. The van der Waals surface area contributed by atoms with E-state index in [-0.39, 0.29) is 5.78 Å². The van der Waals surface area contributed by atoms with Crippen LogP contribution in [0.25, 0.3) is 22.4 Å². The van der Waals surface area contributed by atoms with Crippen LogP contribution in [0.2, 0.25) is 0 Å². The summed E-state index contributed by atoms with van der Waals surface area (Å²) < 4.78 is 0.967. The number of hydrogen-bond donors (Lipinski definition) is 1. The average Bonchev–Trinajstić information content (AvgIpc) is 3.06. The van der Waals surface area contributed by atoms with Gasteiger partial charge in [0, 0.05) is 21.3 Å². The van der Waals surface area contributed by atoms with Gasteiger partial charge in [-0.2, -0.15) is 0 Å². The van der Waals surface area contributed by atoms with Crippen molar-refractivity contribution >= 4 is 21.7 Å². The second-order valence-corrected chi connectivity index (χ2v) is 7.27. The number of carbonyl (C=O) groups excluding carboxylic acids is 1. The minimum absolute atomic E-state index is 0.00775. The number of aromatic amines is 1. The van der Waals surface area contributed by atoms with Crippen LogP contribution in [0.5, 0.6) is 0 Å². The molecule has 0 saturated carbocycles. The largest absolute Gasteiger partial charge is 0.351 e. The molecule has 0 bridgehead atoms. The maximum absolute atomic E-state index is 13.3. The Kier molecular flexibility index (Phi) is 4.78. The molecule has 4 rings (SSSR count). The molecule has 1 heterocycles. The van der Waals surface area contributed by atoms with Crippen molar-refractivity contribution in [2.45, 2.75) is 6.92 Å². The Balaban J connectivity index is 1.97. The lowest BCUT2D eigenvalue weighted by Crippen LogP contribution is -2.03. The van der Waals surface area contributed by atoms with Crippen LogP contribution in [-0.2, 0) is 0 Å². The van der Waals surface area contributed by atoms with Gasteiger partial charge in [0.2, 0.25) is 5.78 Å². The molecule has 0 saturated heterocycles.